The highest BCUT2D eigenvalue weighted by Gasteiger charge is 2.04. The van der Waals surface area contributed by atoms with Crippen LogP contribution >= 0.6 is 0 Å². The Balaban J connectivity index is 1.93. The molecule has 0 saturated carbocycles. The Morgan fingerprint density at radius 1 is 1.05 bits per heavy atom. The van der Waals surface area contributed by atoms with E-state index in [0.29, 0.717) is 13.2 Å². The summed E-state index contributed by atoms with van der Waals surface area (Å²) >= 11 is 0. The molecule has 0 amide bonds. The molecule has 0 spiro atoms. The second-order valence-electron chi connectivity index (χ2n) is 4.25. The standard InChI is InChI=1S/C15H15N3O/c16-9-10-19-14-7-5-13(6-8-14)18-15-4-2-1-3-12(15)11-17-18/h1-8,11H,9-10,16H2. The van der Waals surface area contributed by atoms with Crippen molar-refractivity contribution in [2.24, 2.45) is 5.73 Å². The minimum Gasteiger partial charge on any atom is -0.492 e. The molecule has 96 valence electrons. The normalized spacial score (nSPS) is 10.8. The number of rotatable bonds is 4. The van der Waals surface area contributed by atoms with Gasteiger partial charge in [0, 0.05) is 11.9 Å². The van der Waals surface area contributed by atoms with E-state index in [9.17, 15) is 0 Å². The maximum absolute atomic E-state index is 5.46. The van der Waals surface area contributed by atoms with Gasteiger partial charge in [-0.05, 0) is 30.3 Å². The zero-order valence-corrected chi connectivity index (χ0v) is 10.5. The van der Waals surface area contributed by atoms with Gasteiger partial charge in [0.25, 0.3) is 0 Å². The molecule has 0 bridgehead atoms. The maximum Gasteiger partial charge on any atom is 0.119 e. The third kappa shape index (κ3) is 2.30. The zero-order valence-electron chi connectivity index (χ0n) is 10.5. The van der Waals surface area contributed by atoms with Crippen LogP contribution in [0.3, 0.4) is 0 Å². The van der Waals surface area contributed by atoms with Crippen molar-refractivity contribution in [1.82, 2.24) is 9.78 Å². The summed E-state index contributed by atoms with van der Waals surface area (Å²) in [6.07, 6.45) is 1.87. The average molecular weight is 253 g/mol. The van der Waals surface area contributed by atoms with E-state index in [1.165, 1.54) is 0 Å². The monoisotopic (exact) mass is 253 g/mol. The van der Waals surface area contributed by atoms with Crippen LogP contribution in [0.1, 0.15) is 0 Å². The summed E-state index contributed by atoms with van der Waals surface area (Å²) in [5, 5.41) is 5.54. The van der Waals surface area contributed by atoms with Crippen molar-refractivity contribution in [3.63, 3.8) is 0 Å². The minimum absolute atomic E-state index is 0.519. The van der Waals surface area contributed by atoms with Gasteiger partial charge in [-0.2, -0.15) is 5.10 Å². The van der Waals surface area contributed by atoms with Crippen LogP contribution < -0.4 is 10.5 Å². The van der Waals surface area contributed by atoms with Crippen molar-refractivity contribution < 1.29 is 4.74 Å². The zero-order chi connectivity index (χ0) is 13.1. The number of nitrogens with zero attached hydrogens (tertiary/aromatic N) is 2. The first-order valence-electron chi connectivity index (χ1n) is 6.24. The Morgan fingerprint density at radius 3 is 2.63 bits per heavy atom. The second kappa shape index (κ2) is 5.12. The first-order chi connectivity index (χ1) is 9.38. The molecule has 0 fully saturated rings. The van der Waals surface area contributed by atoms with E-state index in [0.717, 1.165) is 22.3 Å². The molecule has 0 aliphatic heterocycles. The van der Waals surface area contributed by atoms with Crippen LogP contribution in [0.4, 0.5) is 0 Å². The molecule has 2 N–H and O–H groups in total. The lowest BCUT2D eigenvalue weighted by Gasteiger charge is -2.07. The molecular formula is C15H15N3O. The van der Waals surface area contributed by atoms with Gasteiger partial charge in [0.1, 0.15) is 12.4 Å². The van der Waals surface area contributed by atoms with Crippen LogP contribution in [0.5, 0.6) is 5.75 Å². The highest BCUT2D eigenvalue weighted by atomic mass is 16.5. The van der Waals surface area contributed by atoms with Crippen molar-refractivity contribution in [2.45, 2.75) is 0 Å². The van der Waals surface area contributed by atoms with Crippen molar-refractivity contribution >= 4 is 10.9 Å². The molecule has 0 aliphatic rings. The number of hydrogen-bond acceptors (Lipinski definition) is 3. The average Bonchev–Trinajstić information content (AvgIpc) is 2.90. The van der Waals surface area contributed by atoms with Crippen LogP contribution in [0.15, 0.2) is 54.7 Å². The molecule has 3 rings (SSSR count). The molecule has 4 heteroatoms. The lowest BCUT2D eigenvalue weighted by molar-refractivity contribution is 0.328. The van der Waals surface area contributed by atoms with E-state index in [1.54, 1.807) is 0 Å². The molecule has 0 radical (unpaired) electrons. The molecule has 2 aromatic carbocycles. The van der Waals surface area contributed by atoms with Crippen LogP contribution in [-0.2, 0) is 0 Å². The maximum atomic E-state index is 5.46. The van der Waals surface area contributed by atoms with Crippen molar-refractivity contribution in [2.75, 3.05) is 13.2 Å². The van der Waals surface area contributed by atoms with Crippen LogP contribution in [0.2, 0.25) is 0 Å². The summed E-state index contributed by atoms with van der Waals surface area (Å²) in [4.78, 5) is 0. The SMILES string of the molecule is NCCOc1ccc(-n2ncc3ccccc32)cc1. The van der Waals surface area contributed by atoms with E-state index in [-0.39, 0.29) is 0 Å². The van der Waals surface area contributed by atoms with Crippen molar-refractivity contribution in [3.05, 3.63) is 54.7 Å². The lowest BCUT2D eigenvalue weighted by Crippen LogP contribution is -2.10. The fraction of sp³-hybridized carbons (Fsp3) is 0.133. The van der Waals surface area contributed by atoms with E-state index in [1.807, 2.05) is 47.3 Å². The molecule has 0 atom stereocenters. The smallest absolute Gasteiger partial charge is 0.119 e. The Labute approximate surface area is 111 Å². The predicted molar refractivity (Wildman–Crippen MR) is 75.6 cm³/mol. The van der Waals surface area contributed by atoms with E-state index in [4.69, 9.17) is 10.5 Å². The molecule has 4 nitrogen and oxygen atoms in total. The Bertz CT molecular complexity index is 673. The fourth-order valence-electron chi connectivity index (χ4n) is 2.04. The van der Waals surface area contributed by atoms with Crippen LogP contribution in [0, 0.1) is 0 Å². The summed E-state index contributed by atoms with van der Waals surface area (Å²) in [6.45, 7) is 1.05. The van der Waals surface area contributed by atoms with Crippen LogP contribution in [-0.4, -0.2) is 22.9 Å². The third-order valence-electron chi connectivity index (χ3n) is 2.95. The number of ether oxygens (including phenoxy) is 1. The molecule has 3 aromatic rings. The number of hydrogen-bond donors (Lipinski definition) is 1. The van der Waals surface area contributed by atoms with Gasteiger partial charge in [-0.3, -0.25) is 0 Å². The number of para-hydroxylation sites is 1. The summed E-state index contributed by atoms with van der Waals surface area (Å²) in [7, 11) is 0. The van der Waals surface area contributed by atoms with Gasteiger partial charge in [0.15, 0.2) is 0 Å². The molecule has 1 heterocycles. The minimum atomic E-state index is 0.519. The highest BCUT2D eigenvalue weighted by Crippen LogP contribution is 2.20. The first kappa shape index (κ1) is 11.7. The third-order valence-corrected chi connectivity index (χ3v) is 2.95. The van der Waals surface area contributed by atoms with Gasteiger partial charge in [0.05, 0.1) is 17.4 Å². The molecular weight excluding hydrogens is 238 g/mol. The number of fused-ring (bicyclic) bond motifs is 1. The number of nitrogens with two attached hydrogens (primary N) is 1. The first-order valence-corrected chi connectivity index (χ1v) is 6.24. The van der Waals surface area contributed by atoms with Gasteiger partial charge in [-0.1, -0.05) is 18.2 Å². The molecule has 0 unspecified atom stereocenters. The Kier molecular flexibility index (Phi) is 3.16. The van der Waals surface area contributed by atoms with Crippen molar-refractivity contribution in [3.8, 4) is 11.4 Å². The van der Waals surface area contributed by atoms with Crippen LogP contribution in [0.25, 0.3) is 16.6 Å². The fourth-order valence-corrected chi connectivity index (χ4v) is 2.04. The largest absolute Gasteiger partial charge is 0.492 e. The quantitative estimate of drug-likeness (QED) is 0.776. The van der Waals surface area contributed by atoms with Gasteiger partial charge in [0.2, 0.25) is 0 Å². The summed E-state index contributed by atoms with van der Waals surface area (Å²) < 4.78 is 7.38. The number of aromatic nitrogens is 2. The summed E-state index contributed by atoms with van der Waals surface area (Å²) in [5.74, 6) is 0.825. The van der Waals surface area contributed by atoms with E-state index >= 15 is 0 Å². The molecule has 19 heavy (non-hydrogen) atoms. The molecule has 0 saturated heterocycles. The molecule has 0 aliphatic carbocycles. The summed E-state index contributed by atoms with van der Waals surface area (Å²) in [5.41, 5.74) is 7.52. The highest BCUT2D eigenvalue weighted by molar-refractivity contribution is 5.80. The lowest BCUT2D eigenvalue weighted by atomic mass is 10.2. The summed E-state index contributed by atoms with van der Waals surface area (Å²) in [6, 6.07) is 16.0. The van der Waals surface area contributed by atoms with E-state index in [2.05, 4.69) is 17.2 Å². The van der Waals surface area contributed by atoms with Gasteiger partial charge >= 0.3 is 0 Å². The van der Waals surface area contributed by atoms with E-state index < -0.39 is 0 Å². The molecule has 1 aromatic heterocycles. The van der Waals surface area contributed by atoms with Gasteiger partial charge in [-0.15, -0.1) is 0 Å². The Morgan fingerprint density at radius 2 is 1.84 bits per heavy atom. The van der Waals surface area contributed by atoms with Gasteiger partial charge in [-0.25, -0.2) is 4.68 Å². The Hall–Kier alpha value is -2.33. The predicted octanol–water partition coefficient (Wildman–Crippen LogP) is 2.36. The van der Waals surface area contributed by atoms with Crippen molar-refractivity contribution in [1.29, 1.82) is 0 Å². The van der Waals surface area contributed by atoms with Gasteiger partial charge < -0.3 is 10.5 Å². The topological polar surface area (TPSA) is 53.1 Å². The second-order valence-corrected chi connectivity index (χ2v) is 4.25. The number of benzene rings is 2.